The Hall–Kier alpha value is -2.76. The molecule has 4 aromatic rings. The molecule has 28 heavy (non-hydrogen) atoms. The molecule has 2 heterocycles. The normalized spacial score (nSPS) is 10.8. The monoisotopic (exact) mass is 404 g/mol. The summed E-state index contributed by atoms with van der Waals surface area (Å²) in [5, 5.41) is 7.07. The highest BCUT2D eigenvalue weighted by molar-refractivity contribution is 7.14. The number of nitrogens with zero attached hydrogens (tertiary/aromatic N) is 2. The van der Waals surface area contributed by atoms with Crippen molar-refractivity contribution in [1.29, 1.82) is 0 Å². The lowest BCUT2D eigenvalue weighted by molar-refractivity contribution is -0.129. The van der Waals surface area contributed by atoms with Gasteiger partial charge in [-0.3, -0.25) is 4.79 Å². The molecule has 0 aliphatic heterocycles. The average Bonchev–Trinajstić information content (AvgIpc) is 3.41. The van der Waals surface area contributed by atoms with Gasteiger partial charge in [-0.2, -0.15) is 11.3 Å². The predicted molar refractivity (Wildman–Crippen MR) is 117 cm³/mol. The van der Waals surface area contributed by atoms with Crippen LogP contribution in [-0.4, -0.2) is 22.8 Å². The molecular weight excluding hydrogens is 384 g/mol. The summed E-state index contributed by atoms with van der Waals surface area (Å²) in [6, 6.07) is 20.7. The maximum Gasteiger partial charge on any atom is 0.228 e. The summed E-state index contributed by atoms with van der Waals surface area (Å²) in [5.41, 5.74) is 5.46. The van der Waals surface area contributed by atoms with Crippen LogP contribution in [0.5, 0.6) is 0 Å². The minimum Gasteiger partial charge on any atom is -0.341 e. The van der Waals surface area contributed by atoms with Gasteiger partial charge in [-0.1, -0.05) is 54.6 Å². The van der Waals surface area contributed by atoms with Gasteiger partial charge in [0.15, 0.2) is 0 Å². The summed E-state index contributed by atoms with van der Waals surface area (Å²) in [6.07, 6.45) is 0.333. The first-order valence-electron chi connectivity index (χ1n) is 9.04. The second-order valence-electron chi connectivity index (χ2n) is 6.65. The van der Waals surface area contributed by atoms with E-state index in [1.165, 1.54) is 11.1 Å². The van der Waals surface area contributed by atoms with Gasteiger partial charge < -0.3 is 4.90 Å². The van der Waals surface area contributed by atoms with Crippen molar-refractivity contribution in [1.82, 2.24) is 9.88 Å². The highest BCUT2D eigenvalue weighted by Crippen LogP contribution is 2.26. The summed E-state index contributed by atoms with van der Waals surface area (Å²) in [5.74, 6) is 0.0781. The number of aromatic nitrogens is 1. The van der Waals surface area contributed by atoms with Crippen LogP contribution >= 0.6 is 22.7 Å². The third-order valence-corrected chi connectivity index (χ3v) is 6.18. The van der Waals surface area contributed by atoms with Gasteiger partial charge in [0, 0.05) is 29.9 Å². The Kier molecular flexibility index (Phi) is 5.65. The maximum atomic E-state index is 12.6. The summed E-state index contributed by atoms with van der Waals surface area (Å²) in [4.78, 5) is 19.0. The summed E-state index contributed by atoms with van der Waals surface area (Å²) < 4.78 is 0. The molecule has 140 valence electrons. The molecule has 0 aliphatic carbocycles. The second kappa shape index (κ2) is 8.50. The standard InChI is InChI=1S/C23H20N2OS2/c1-25(14-17-7-9-19(10-8-17)18-5-3-2-4-6-18)22(26)13-21-16-28-23(24-21)20-11-12-27-15-20/h2-12,15-16H,13-14H2,1H3. The molecular formula is C23H20N2OS2. The molecule has 2 aromatic heterocycles. The molecule has 0 unspecified atom stereocenters. The van der Waals surface area contributed by atoms with E-state index in [0.717, 1.165) is 21.8 Å². The van der Waals surface area contributed by atoms with E-state index >= 15 is 0 Å². The zero-order valence-corrected chi connectivity index (χ0v) is 17.2. The van der Waals surface area contributed by atoms with E-state index in [1.54, 1.807) is 27.6 Å². The van der Waals surface area contributed by atoms with Crippen molar-refractivity contribution in [2.75, 3.05) is 7.05 Å². The SMILES string of the molecule is CN(Cc1ccc(-c2ccccc2)cc1)C(=O)Cc1csc(-c2ccsc2)n1. The first kappa shape index (κ1) is 18.6. The lowest BCUT2D eigenvalue weighted by atomic mass is 10.0. The van der Waals surface area contributed by atoms with Crippen LogP contribution in [0.15, 0.2) is 76.8 Å². The van der Waals surface area contributed by atoms with Crippen LogP contribution in [-0.2, 0) is 17.8 Å². The Morgan fingerprint density at radius 1 is 0.929 bits per heavy atom. The minimum atomic E-state index is 0.0781. The quantitative estimate of drug-likeness (QED) is 0.410. The number of thiophene rings is 1. The molecule has 5 heteroatoms. The van der Waals surface area contributed by atoms with Gasteiger partial charge in [0.05, 0.1) is 12.1 Å². The predicted octanol–water partition coefficient (Wildman–Crippen LogP) is 5.74. The van der Waals surface area contributed by atoms with E-state index in [2.05, 4.69) is 52.8 Å². The van der Waals surface area contributed by atoms with Crippen molar-refractivity contribution in [2.24, 2.45) is 0 Å². The van der Waals surface area contributed by atoms with Crippen LogP contribution in [0.3, 0.4) is 0 Å². The fourth-order valence-corrected chi connectivity index (χ4v) is 4.52. The van der Waals surface area contributed by atoms with Crippen LogP contribution in [0, 0.1) is 0 Å². The van der Waals surface area contributed by atoms with E-state index in [9.17, 15) is 4.79 Å². The van der Waals surface area contributed by atoms with Gasteiger partial charge >= 0.3 is 0 Å². The number of rotatable bonds is 6. The van der Waals surface area contributed by atoms with Crippen LogP contribution in [0.2, 0.25) is 0 Å². The number of likely N-dealkylation sites (N-methyl/N-ethyl adjacent to an activating group) is 1. The van der Waals surface area contributed by atoms with Gasteiger partial charge in [0.2, 0.25) is 5.91 Å². The van der Waals surface area contributed by atoms with Crippen LogP contribution in [0.4, 0.5) is 0 Å². The van der Waals surface area contributed by atoms with E-state index in [-0.39, 0.29) is 5.91 Å². The molecule has 0 aliphatic rings. The molecule has 0 saturated heterocycles. The number of benzene rings is 2. The lowest BCUT2D eigenvalue weighted by Crippen LogP contribution is -2.27. The van der Waals surface area contributed by atoms with Crippen LogP contribution in [0.25, 0.3) is 21.7 Å². The Morgan fingerprint density at radius 3 is 2.39 bits per heavy atom. The molecule has 3 nitrogen and oxygen atoms in total. The minimum absolute atomic E-state index is 0.0781. The third kappa shape index (κ3) is 4.38. The number of carbonyl (C=O) groups is 1. The zero-order chi connectivity index (χ0) is 19.3. The van der Waals surface area contributed by atoms with Gasteiger partial charge in [0.1, 0.15) is 5.01 Å². The first-order chi connectivity index (χ1) is 13.7. The summed E-state index contributed by atoms with van der Waals surface area (Å²) >= 11 is 3.24. The van der Waals surface area contributed by atoms with E-state index in [0.29, 0.717) is 13.0 Å². The van der Waals surface area contributed by atoms with Gasteiger partial charge in [-0.25, -0.2) is 4.98 Å². The topological polar surface area (TPSA) is 33.2 Å². The maximum absolute atomic E-state index is 12.6. The van der Waals surface area contributed by atoms with Gasteiger partial charge in [-0.05, 0) is 28.1 Å². The van der Waals surface area contributed by atoms with Crippen molar-refractivity contribution in [3.05, 3.63) is 88.1 Å². The molecule has 0 bridgehead atoms. The third-order valence-electron chi connectivity index (χ3n) is 4.56. The molecule has 0 radical (unpaired) electrons. The Labute approximate surface area is 172 Å². The number of hydrogen-bond donors (Lipinski definition) is 0. The zero-order valence-electron chi connectivity index (χ0n) is 15.5. The van der Waals surface area contributed by atoms with Gasteiger partial charge in [0.25, 0.3) is 0 Å². The molecule has 0 N–H and O–H groups in total. The van der Waals surface area contributed by atoms with Crippen molar-refractivity contribution in [3.8, 4) is 21.7 Å². The van der Waals surface area contributed by atoms with Crippen molar-refractivity contribution in [2.45, 2.75) is 13.0 Å². The first-order valence-corrected chi connectivity index (χ1v) is 10.9. The molecule has 2 aromatic carbocycles. The highest BCUT2D eigenvalue weighted by atomic mass is 32.1. The molecule has 4 rings (SSSR count). The fraction of sp³-hybridized carbons (Fsp3) is 0.130. The molecule has 0 fully saturated rings. The number of carbonyl (C=O) groups excluding carboxylic acids is 1. The smallest absolute Gasteiger partial charge is 0.228 e. The largest absolute Gasteiger partial charge is 0.341 e. The Balaban J connectivity index is 1.37. The van der Waals surface area contributed by atoms with Crippen molar-refractivity contribution >= 4 is 28.6 Å². The van der Waals surface area contributed by atoms with E-state index in [4.69, 9.17) is 0 Å². The summed E-state index contributed by atoms with van der Waals surface area (Å²) in [6.45, 7) is 0.593. The molecule has 0 saturated carbocycles. The molecule has 1 amide bonds. The van der Waals surface area contributed by atoms with E-state index < -0.39 is 0 Å². The van der Waals surface area contributed by atoms with E-state index in [1.807, 2.05) is 36.0 Å². The Morgan fingerprint density at radius 2 is 1.68 bits per heavy atom. The fourth-order valence-electron chi connectivity index (χ4n) is 2.99. The number of amides is 1. The van der Waals surface area contributed by atoms with Crippen molar-refractivity contribution < 1.29 is 4.79 Å². The van der Waals surface area contributed by atoms with Crippen LogP contribution < -0.4 is 0 Å². The second-order valence-corrected chi connectivity index (χ2v) is 8.28. The van der Waals surface area contributed by atoms with Gasteiger partial charge in [-0.15, -0.1) is 11.3 Å². The summed E-state index contributed by atoms with van der Waals surface area (Å²) in [7, 11) is 1.85. The Bertz CT molecular complexity index is 1040. The molecule has 0 atom stereocenters. The molecule has 0 spiro atoms. The number of thiazole rings is 1. The number of hydrogen-bond acceptors (Lipinski definition) is 4. The highest BCUT2D eigenvalue weighted by Gasteiger charge is 2.13. The van der Waals surface area contributed by atoms with Crippen molar-refractivity contribution in [3.63, 3.8) is 0 Å². The van der Waals surface area contributed by atoms with Crippen LogP contribution in [0.1, 0.15) is 11.3 Å². The lowest BCUT2D eigenvalue weighted by Gasteiger charge is -2.17. The average molecular weight is 405 g/mol.